The Morgan fingerprint density at radius 2 is 1.93 bits per heavy atom. The smallest absolute Gasteiger partial charge is 0.416 e. The van der Waals surface area contributed by atoms with Crippen LogP contribution in [0.5, 0.6) is 5.75 Å². The van der Waals surface area contributed by atoms with Crippen molar-refractivity contribution < 1.29 is 27.9 Å². The number of nitrogens with zero attached hydrogens (tertiary/aromatic N) is 1. The lowest BCUT2D eigenvalue weighted by Gasteiger charge is -2.22. The number of nitrogens with one attached hydrogen (secondary N) is 1. The Hall–Kier alpha value is -2.85. The second-order valence-electron chi connectivity index (χ2n) is 6.39. The Bertz CT molecular complexity index is 1050. The van der Waals surface area contributed by atoms with E-state index in [4.69, 9.17) is 12.2 Å². The Balaban J connectivity index is 1.76. The third-order valence-electron chi connectivity index (χ3n) is 4.22. The fourth-order valence-electron chi connectivity index (χ4n) is 2.72. The van der Waals surface area contributed by atoms with E-state index in [-0.39, 0.29) is 20.7 Å². The molecule has 0 bridgehead atoms. The average Bonchev–Trinajstić information content (AvgIpc) is 2.94. The number of halogens is 3. The number of carbonyl (C=O) groups excluding carboxylic acids is 2. The highest BCUT2D eigenvalue weighted by Crippen LogP contribution is 2.35. The van der Waals surface area contributed by atoms with Crippen LogP contribution in [0.15, 0.2) is 53.4 Å². The Morgan fingerprint density at radius 1 is 1.23 bits per heavy atom. The molecule has 2 N–H and O–H groups in total. The van der Waals surface area contributed by atoms with Gasteiger partial charge in [-0.1, -0.05) is 42.2 Å². The van der Waals surface area contributed by atoms with Gasteiger partial charge >= 0.3 is 6.18 Å². The van der Waals surface area contributed by atoms with Gasteiger partial charge in [0.25, 0.3) is 5.91 Å². The number of aromatic hydroxyl groups is 1. The first-order valence-corrected chi connectivity index (χ1v) is 9.83. The molecular weight excluding hydrogens is 437 g/mol. The van der Waals surface area contributed by atoms with Crippen molar-refractivity contribution in [3.63, 3.8) is 0 Å². The summed E-state index contributed by atoms with van der Waals surface area (Å²) in [6, 6.07) is 9.45. The van der Waals surface area contributed by atoms with E-state index in [0.717, 1.165) is 28.8 Å². The number of benzene rings is 2. The molecule has 2 aromatic rings. The highest BCUT2D eigenvalue weighted by atomic mass is 32.2. The number of alkyl halides is 3. The number of hydrogen-bond donors (Lipinski definition) is 2. The zero-order valence-corrected chi connectivity index (χ0v) is 17.1. The van der Waals surface area contributed by atoms with Gasteiger partial charge in [-0.2, -0.15) is 13.2 Å². The number of phenols is 1. The molecule has 0 radical (unpaired) electrons. The molecule has 10 heteroatoms. The summed E-state index contributed by atoms with van der Waals surface area (Å²) in [7, 11) is 0. The molecule has 2 aromatic carbocycles. The predicted octanol–water partition coefficient (Wildman–Crippen LogP) is 4.64. The van der Waals surface area contributed by atoms with Crippen molar-refractivity contribution in [3.8, 4) is 5.75 Å². The van der Waals surface area contributed by atoms with Gasteiger partial charge in [0.1, 0.15) is 16.1 Å². The summed E-state index contributed by atoms with van der Waals surface area (Å²) in [6.07, 6.45) is -3.00. The minimum atomic E-state index is -4.54. The number of carbonyl (C=O) groups is 2. The fourth-order valence-corrected chi connectivity index (χ4v) is 4.14. The number of thiocarbonyl (C=S) groups is 1. The zero-order valence-electron chi connectivity index (χ0n) is 15.4. The Kier molecular flexibility index (Phi) is 6.18. The summed E-state index contributed by atoms with van der Waals surface area (Å²) in [5, 5.41) is 11.9. The lowest BCUT2D eigenvalue weighted by atomic mass is 10.1. The molecule has 0 saturated carbocycles. The molecule has 2 amide bonds. The number of rotatable bonds is 4. The number of hydrogen-bond acceptors (Lipinski definition) is 5. The minimum absolute atomic E-state index is 0.0352. The van der Waals surface area contributed by atoms with Gasteiger partial charge in [-0.15, -0.1) is 0 Å². The second-order valence-corrected chi connectivity index (χ2v) is 8.07. The van der Waals surface area contributed by atoms with E-state index in [2.05, 4.69) is 5.32 Å². The van der Waals surface area contributed by atoms with Crippen LogP contribution in [0.3, 0.4) is 0 Å². The van der Waals surface area contributed by atoms with Crippen LogP contribution in [0, 0.1) is 0 Å². The first-order valence-electron chi connectivity index (χ1n) is 8.60. The van der Waals surface area contributed by atoms with E-state index in [9.17, 15) is 27.9 Å². The maximum Gasteiger partial charge on any atom is 0.416 e. The summed E-state index contributed by atoms with van der Waals surface area (Å²) in [5.41, 5.74) is -0.355. The third-order valence-corrected chi connectivity index (χ3v) is 5.55. The molecule has 1 aliphatic heterocycles. The SMILES string of the molecule is CC(C(=O)Nc1cccc(C(F)(F)F)c1)N1C(=O)/C(=C/c2cccc(O)c2)SC1=S. The van der Waals surface area contributed by atoms with Crippen LogP contribution < -0.4 is 5.32 Å². The number of anilines is 1. The number of thioether (sulfide) groups is 1. The van der Waals surface area contributed by atoms with Crippen molar-refractivity contribution in [3.05, 3.63) is 64.6 Å². The van der Waals surface area contributed by atoms with Gasteiger partial charge in [0.15, 0.2) is 0 Å². The molecule has 3 rings (SSSR count). The minimum Gasteiger partial charge on any atom is -0.508 e. The highest BCUT2D eigenvalue weighted by molar-refractivity contribution is 8.26. The molecule has 1 aliphatic rings. The quantitative estimate of drug-likeness (QED) is 0.523. The zero-order chi connectivity index (χ0) is 22.1. The summed E-state index contributed by atoms with van der Waals surface area (Å²) < 4.78 is 38.7. The Labute approximate surface area is 179 Å². The van der Waals surface area contributed by atoms with E-state index in [1.54, 1.807) is 12.1 Å². The van der Waals surface area contributed by atoms with Gasteiger partial charge in [-0.25, -0.2) is 0 Å². The number of amides is 2. The lowest BCUT2D eigenvalue weighted by Crippen LogP contribution is -2.44. The van der Waals surface area contributed by atoms with Crippen molar-refractivity contribution in [1.29, 1.82) is 0 Å². The molecule has 156 valence electrons. The molecule has 5 nitrogen and oxygen atoms in total. The van der Waals surface area contributed by atoms with Crippen molar-refractivity contribution in [2.24, 2.45) is 0 Å². The number of phenolic OH excluding ortho intramolecular Hbond substituents is 1. The Morgan fingerprint density at radius 3 is 2.60 bits per heavy atom. The second kappa shape index (κ2) is 8.49. The van der Waals surface area contributed by atoms with Gasteiger partial charge in [0.05, 0.1) is 10.5 Å². The summed E-state index contributed by atoms with van der Waals surface area (Å²) in [6.45, 7) is 1.44. The maximum atomic E-state index is 12.9. The summed E-state index contributed by atoms with van der Waals surface area (Å²) in [5.74, 6) is -1.14. The fraction of sp³-hybridized carbons (Fsp3) is 0.150. The van der Waals surface area contributed by atoms with E-state index in [1.165, 1.54) is 37.3 Å². The van der Waals surface area contributed by atoms with E-state index in [1.807, 2.05) is 0 Å². The molecule has 1 fully saturated rings. The maximum absolute atomic E-state index is 12.9. The molecule has 1 unspecified atom stereocenters. The first-order chi connectivity index (χ1) is 14.1. The molecule has 30 heavy (non-hydrogen) atoms. The van der Waals surface area contributed by atoms with Crippen LogP contribution >= 0.6 is 24.0 Å². The molecular formula is C20H15F3N2O3S2. The summed E-state index contributed by atoms with van der Waals surface area (Å²) in [4.78, 5) is 26.7. The van der Waals surface area contributed by atoms with E-state index in [0.29, 0.717) is 5.56 Å². The standard InChI is InChI=1S/C20H15F3N2O3S2/c1-11(17(27)24-14-6-3-5-13(10-14)20(21,22)23)25-18(28)16(30-19(25)29)9-12-4-2-7-15(26)8-12/h2-11,26H,1H3,(H,24,27)/b16-9-. The molecule has 1 heterocycles. The third kappa shape index (κ3) is 4.82. The van der Waals surface area contributed by atoms with Crippen molar-refractivity contribution >= 4 is 51.9 Å². The van der Waals surface area contributed by atoms with Crippen LogP contribution in [0.2, 0.25) is 0 Å². The average molecular weight is 452 g/mol. The normalized spacial score (nSPS) is 16.8. The van der Waals surface area contributed by atoms with Crippen LogP contribution in [0.4, 0.5) is 18.9 Å². The van der Waals surface area contributed by atoms with E-state index >= 15 is 0 Å². The van der Waals surface area contributed by atoms with Gasteiger partial charge in [0.2, 0.25) is 5.91 Å². The molecule has 0 aromatic heterocycles. The monoisotopic (exact) mass is 452 g/mol. The summed E-state index contributed by atoms with van der Waals surface area (Å²) >= 11 is 6.21. The van der Waals surface area contributed by atoms with E-state index < -0.39 is 29.6 Å². The molecule has 1 saturated heterocycles. The topological polar surface area (TPSA) is 69.6 Å². The van der Waals surface area contributed by atoms with Gasteiger partial charge in [-0.05, 0) is 48.9 Å². The largest absolute Gasteiger partial charge is 0.508 e. The van der Waals surface area contributed by atoms with Crippen molar-refractivity contribution in [1.82, 2.24) is 4.90 Å². The molecule has 1 atom stereocenters. The van der Waals surface area contributed by atoms with Crippen LogP contribution in [0.25, 0.3) is 6.08 Å². The van der Waals surface area contributed by atoms with Gasteiger partial charge in [-0.3, -0.25) is 14.5 Å². The van der Waals surface area contributed by atoms with Gasteiger partial charge in [0, 0.05) is 5.69 Å². The van der Waals surface area contributed by atoms with Crippen molar-refractivity contribution in [2.45, 2.75) is 19.1 Å². The van der Waals surface area contributed by atoms with Gasteiger partial charge < -0.3 is 10.4 Å². The van der Waals surface area contributed by atoms with Crippen LogP contribution in [-0.4, -0.2) is 32.2 Å². The molecule has 0 aliphatic carbocycles. The van der Waals surface area contributed by atoms with Crippen LogP contribution in [0.1, 0.15) is 18.1 Å². The lowest BCUT2D eigenvalue weighted by molar-refractivity contribution is -0.137. The predicted molar refractivity (Wildman–Crippen MR) is 113 cm³/mol. The van der Waals surface area contributed by atoms with Crippen molar-refractivity contribution in [2.75, 3.05) is 5.32 Å². The highest BCUT2D eigenvalue weighted by Gasteiger charge is 2.38. The molecule has 0 spiro atoms. The first kappa shape index (κ1) is 21.8. The van der Waals surface area contributed by atoms with Crippen LogP contribution in [-0.2, 0) is 15.8 Å².